The summed E-state index contributed by atoms with van der Waals surface area (Å²) in [6.07, 6.45) is 4.36. The minimum Gasteiger partial charge on any atom is -0.477 e. The second-order valence-corrected chi connectivity index (χ2v) is 4.39. The van der Waals surface area contributed by atoms with Crippen LogP contribution in [-0.2, 0) is 4.79 Å². The fourth-order valence-electron chi connectivity index (χ4n) is 1.23. The van der Waals surface area contributed by atoms with E-state index in [1.165, 1.54) is 24.5 Å². The van der Waals surface area contributed by atoms with Crippen molar-refractivity contribution in [1.29, 1.82) is 0 Å². The Morgan fingerprint density at radius 2 is 2.17 bits per heavy atom. The molecule has 2 heterocycles. The van der Waals surface area contributed by atoms with E-state index in [0.717, 1.165) is 11.3 Å². The van der Waals surface area contributed by atoms with Crippen molar-refractivity contribution in [3.8, 4) is 0 Å². The topological polar surface area (TPSA) is 79.5 Å². The minimum absolute atomic E-state index is 0.181. The molecule has 0 fully saturated rings. The van der Waals surface area contributed by atoms with Gasteiger partial charge < -0.3 is 14.8 Å². The fourth-order valence-corrected chi connectivity index (χ4v) is 1.98. The number of carbonyl (C=O) groups is 2. The summed E-state index contributed by atoms with van der Waals surface area (Å²) in [4.78, 5) is 22.3. The van der Waals surface area contributed by atoms with Crippen molar-refractivity contribution < 1.29 is 19.1 Å². The summed E-state index contributed by atoms with van der Waals surface area (Å²) in [5, 5.41) is 11.8. The fraction of sp³-hybridized carbons (Fsp3) is 0. The number of anilines is 1. The predicted molar refractivity (Wildman–Crippen MR) is 67.7 cm³/mol. The van der Waals surface area contributed by atoms with Crippen molar-refractivity contribution in [3.63, 3.8) is 0 Å². The summed E-state index contributed by atoms with van der Waals surface area (Å²) in [5.41, 5.74) is 0. The molecule has 2 N–H and O–H groups in total. The van der Waals surface area contributed by atoms with Crippen LogP contribution in [0.3, 0.4) is 0 Å². The smallest absolute Gasteiger partial charge is 0.345 e. The van der Waals surface area contributed by atoms with E-state index in [4.69, 9.17) is 9.52 Å². The monoisotopic (exact) mass is 263 g/mol. The third-order valence-corrected chi connectivity index (χ3v) is 2.99. The molecule has 0 saturated carbocycles. The van der Waals surface area contributed by atoms with E-state index in [0.29, 0.717) is 10.8 Å². The minimum atomic E-state index is -1.01. The average molecular weight is 263 g/mol. The zero-order valence-electron chi connectivity index (χ0n) is 9.12. The van der Waals surface area contributed by atoms with E-state index in [-0.39, 0.29) is 10.8 Å². The first kappa shape index (κ1) is 12.1. The van der Waals surface area contributed by atoms with E-state index in [1.54, 1.807) is 18.2 Å². The maximum atomic E-state index is 11.5. The molecule has 92 valence electrons. The highest BCUT2D eigenvalue weighted by atomic mass is 32.1. The van der Waals surface area contributed by atoms with Gasteiger partial charge in [0.2, 0.25) is 5.91 Å². The highest BCUT2D eigenvalue weighted by molar-refractivity contribution is 7.18. The number of rotatable bonds is 4. The zero-order chi connectivity index (χ0) is 13.0. The number of hydrogen-bond donors (Lipinski definition) is 2. The average Bonchev–Trinajstić information content (AvgIpc) is 2.96. The van der Waals surface area contributed by atoms with Gasteiger partial charge in [-0.15, -0.1) is 11.3 Å². The summed E-state index contributed by atoms with van der Waals surface area (Å²) in [6.45, 7) is 0. The SMILES string of the molecule is O=C(/C=C/c1ccco1)Nc1ccc(C(=O)O)s1. The Kier molecular flexibility index (Phi) is 3.59. The number of aromatic carboxylic acids is 1. The van der Waals surface area contributed by atoms with Crippen molar-refractivity contribution in [2.24, 2.45) is 0 Å². The number of amides is 1. The molecular weight excluding hydrogens is 254 g/mol. The first-order valence-corrected chi connectivity index (χ1v) is 5.82. The van der Waals surface area contributed by atoms with Crippen LogP contribution in [0, 0.1) is 0 Å². The van der Waals surface area contributed by atoms with E-state index in [9.17, 15) is 9.59 Å². The Hall–Kier alpha value is -2.34. The molecular formula is C12H9NO4S. The molecule has 0 radical (unpaired) electrons. The number of nitrogens with one attached hydrogen (secondary N) is 1. The molecule has 0 aliphatic rings. The molecule has 0 bridgehead atoms. The van der Waals surface area contributed by atoms with Crippen molar-refractivity contribution >= 4 is 34.3 Å². The van der Waals surface area contributed by atoms with E-state index < -0.39 is 5.97 Å². The first-order valence-electron chi connectivity index (χ1n) is 5.01. The van der Waals surface area contributed by atoms with Gasteiger partial charge in [0.1, 0.15) is 10.6 Å². The molecule has 2 aromatic heterocycles. The molecule has 18 heavy (non-hydrogen) atoms. The number of thiophene rings is 1. The van der Waals surface area contributed by atoms with Crippen LogP contribution in [0.5, 0.6) is 0 Å². The lowest BCUT2D eigenvalue weighted by molar-refractivity contribution is -0.111. The lowest BCUT2D eigenvalue weighted by Crippen LogP contribution is -2.05. The lowest BCUT2D eigenvalue weighted by Gasteiger charge is -1.95. The van der Waals surface area contributed by atoms with Crippen LogP contribution in [0.1, 0.15) is 15.4 Å². The Morgan fingerprint density at radius 3 is 2.78 bits per heavy atom. The molecule has 1 amide bonds. The molecule has 2 rings (SSSR count). The standard InChI is InChI=1S/C12H9NO4S/c14-10(5-3-8-2-1-7-17-8)13-11-6-4-9(18-11)12(15)16/h1-7H,(H,13,14)(H,15,16)/b5-3+. The number of carboxylic acids is 1. The van der Waals surface area contributed by atoms with Gasteiger partial charge >= 0.3 is 5.97 Å². The molecule has 0 saturated heterocycles. The van der Waals surface area contributed by atoms with E-state index in [1.807, 2.05) is 0 Å². The predicted octanol–water partition coefficient (Wildman–Crippen LogP) is 2.69. The maximum absolute atomic E-state index is 11.5. The summed E-state index contributed by atoms with van der Waals surface area (Å²) < 4.78 is 5.03. The van der Waals surface area contributed by atoms with Gasteiger partial charge in [0, 0.05) is 6.08 Å². The lowest BCUT2D eigenvalue weighted by atomic mass is 10.4. The van der Waals surface area contributed by atoms with Gasteiger partial charge in [0.15, 0.2) is 0 Å². The highest BCUT2D eigenvalue weighted by Crippen LogP contribution is 2.21. The van der Waals surface area contributed by atoms with Crippen molar-refractivity contribution in [1.82, 2.24) is 0 Å². The molecule has 0 spiro atoms. The maximum Gasteiger partial charge on any atom is 0.345 e. The molecule has 0 aromatic carbocycles. The Morgan fingerprint density at radius 1 is 1.33 bits per heavy atom. The summed E-state index contributed by atoms with van der Waals surface area (Å²) >= 11 is 1.00. The largest absolute Gasteiger partial charge is 0.477 e. The molecule has 0 aliphatic heterocycles. The number of carbonyl (C=O) groups excluding carboxylic acids is 1. The van der Waals surface area contributed by atoms with Crippen LogP contribution in [-0.4, -0.2) is 17.0 Å². The van der Waals surface area contributed by atoms with Crippen LogP contribution < -0.4 is 5.32 Å². The quantitative estimate of drug-likeness (QED) is 0.831. The normalized spacial score (nSPS) is 10.7. The molecule has 6 heteroatoms. The second kappa shape index (κ2) is 5.33. The molecule has 5 nitrogen and oxygen atoms in total. The van der Waals surface area contributed by atoms with E-state index in [2.05, 4.69) is 5.32 Å². The molecule has 0 atom stereocenters. The Bertz CT molecular complexity index is 583. The van der Waals surface area contributed by atoms with Crippen molar-refractivity contribution in [2.75, 3.05) is 5.32 Å². The summed E-state index contributed by atoms with van der Waals surface area (Å²) in [6, 6.07) is 6.43. The van der Waals surface area contributed by atoms with Gasteiger partial charge in [-0.25, -0.2) is 4.79 Å². The van der Waals surface area contributed by atoms with Gasteiger partial charge in [-0.1, -0.05) is 0 Å². The zero-order valence-corrected chi connectivity index (χ0v) is 9.94. The van der Waals surface area contributed by atoms with Gasteiger partial charge in [0.05, 0.1) is 11.3 Å². The second-order valence-electron chi connectivity index (χ2n) is 3.31. The van der Waals surface area contributed by atoms with Crippen LogP contribution in [0.4, 0.5) is 5.00 Å². The Labute approximate surface area is 106 Å². The van der Waals surface area contributed by atoms with E-state index >= 15 is 0 Å². The van der Waals surface area contributed by atoms with Gasteiger partial charge in [0.25, 0.3) is 0 Å². The van der Waals surface area contributed by atoms with Crippen molar-refractivity contribution in [2.45, 2.75) is 0 Å². The number of carboxylic acid groups (broad SMARTS) is 1. The summed E-state index contributed by atoms with van der Waals surface area (Å²) in [7, 11) is 0. The van der Waals surface area contributed by atoms with Crippen molar-refractivity contribution in [3.05, 3.63) is 47.2 Å². The van der Waals surface area contributed by atoms with Crippen LogP contribution >= 0.6 is 11.3 Å². The van der Waals surface area contributed by atoms with Gasteiger partial charge in [-0.3, -0.25) is 4.79 Å². The number of furan rings is 1. The first-order chi connectivity index (χ1) is 8.65. The molecule has 0 aliphatic carbocycles. The van der Waals surface area contributed by atoms with Gasteiger partial charge in [-0.05, 0) is 30.3 Å². The molecule has 0 unspecified atom stereocenters. The van der Waals surface area contributed by atoms with Gasteiger partial charge in [-0.2, -0.15) is 0 Å². The highest BCUT2D eigenvalue weighted by Gasteiger charge is 2.07. The third-order valence-electron chi connectivity index (χ3n) is 2.01. The van der Waals surface area contributed by atoms with Crippen LogP contribution in [0.25, 0.3) is 6.08 Å². The number of hydrogen-bond acceptors (Lipinski definition) is 4. The van der Waals surface area contributed by atoms with Crippen LogP contribution in [0.15, 0.2) is 41.0 Å². The van der Waals surface area contributed by atoms with Crippen LogP contribution in [0.2, 0.25) is 0 Å². The Balaban J connectivity index is 1.96. The third kappa shape index (κ3) is 3.08. The molecule has 2 aromatic rings. The summed E-state index contributed by atoms with van der Waals surface area (Å²) in [5.74, 6) is -0.778.